The van der Waals surface area contributed by atoms with Gasteiger partial charge in [0.25, 0.3) is 0 Å². The molecule has 38 heavy (non-hydrogen) atoms. The van der Waals surface area contributed by atoms with Crippen molar-refractivity contribution in [1.29, 1.82) is 0 Å². The molecule has 0 spiro atoms. The number of thioether (sulfide) groups is 1. The number of ether oxygens (including phenoxy) is 2. The Kier molecular flexibility index (Phi) is 8.34. The number of anilines is 1. The molecule has 3 N–H and O–H groups in total. The van der Waals surface area contributed by atoms with Gasteiger partial charge in [-0.25, -0.2) is 4.39 Å². The summed E-state index contributed by atoms with van der Waals surface area (Å²) in [5, 5.41) is 18.4. The van der Waals surface area contributed by atoms with Crippen molar-refractivity contribution < 1.29 is 64.1 Å². The molecule has 1 aliphatic rings. The lowest BCUT2D eigenvalue weighted by molar-refractivity contribution is -0.275. The van der Waals surface area contributed by atoms with E-state index >= 15 is 0 Å². The number of benzene rings is 2. The topological polar surface area (TPSA) is 97.3 Å². The second kappa shape index (κ2) is 10.7. The van der Waals surface area contributed by atoms with Crippen LogP contribution in [0.1, 0.15) is 24.8 Å². The summed E-state index contributed by atoms with van der Waals surface area (Å²) in [5.41, 5.74) is -0.597. The summed E-state index contributed by atoms with van der Waals surface area (Å²) in [5.74, 6) is -7.82. The second-order valence-electron chi connectivity index (χ2n) is 8.20. The maximum atomic E-state index is 14.3. The average molecular weight is 575 g/mol. The number of alkyl halides is 6. The summed E-state index contributed by atoms with van der Waals surface area (Å²) >= 11 is 0.194. The molecular weight excluding hydrogens is 557 g/mol. The van der Waals surface area contributed by atoms with Crippen LogP contribution in [0.2, 0.25) is 0 Å². The minimum Gasteiger partial charge on any atom is -0.509 e. The van der Waals surface area contributed by atoms with Gasteiger partial charge in [-0.3, -0.25) is 4.79 Å². The standard InChI is InChI=1S/C21H18BF8NO6S/c1-19(20(25,26)27)8-11(10-4-5-12(23)15(24)16(10)35-2)17(38-19)18(32)31-9-3-6-13(37-22(33)34)14(7-9)36-21(28,29)30/h3-7,11,17,33-34H,8H2,1-2H3,(H,31,32). The maximum Gasteiger partial charge on any atom is 0.707 e. The van der Waals surface area contributed by atoms with Crippen molar-refractivity contribution in [2.45, 2.75) is 41.8 Å². The van der Waals surface area contributed by atoms with E-state index in [0.29, 0.717) is 12.1 Å². The second-order valence-corrected chi connectivity index (χ2v) is 9.85. The molecule has 0 saturated carbocycles. The highest BCUT2D eigenvalue weighted by molar-refractivity contribution is 8.02. The van der Waals surface area contributed by atoms with Crippen LogP contribution in [0.5, 0.6) is 17.2 Å². The molecule has 1 saturated heterocycles. The Morgan fingerprint density at radius 3 is 2.32 bits per heavy atom. The van der Waals surface area contributed by atoms with E-state index in [-0.39, 0.29) is 23.0 Å². The lowest BCUT2D eigenvalue weighted by atomic mass is 9.85. The van der Waals surface area contributed by atoms with E-state index in [1.54, 1.807) is 0 Å². The Labute approximate surface area is 214 Å². The zero-order valence-corrected chi connectivity index (χ0v) is 20.1. The van der Waals surface area contributed by atoms with Gasteiger partial charge in [-0.1, -0.05) is 6.07 Å². The van der Waals surface area contributed by atoms with Gasteiger partial charge in [0.1, 0.15) is 10.5 Å². The van der Waals surface area contributed by atoms with Gasteiger partial charge < -0.3 is 29.5 Å². The maximum absolute atomic E-state index is 14.3. The van der Waals surface area contributed by atoms with Crippen molar-refractivity contribution >= 4 is 30.7 Å². The summed E-state index contributed by atoms with van der Waals surface area (Å²) in [4.78, 5) is 13.1. The van der Waals surface area contributed by atoms with Crippen LogP contribution >= 0.6 is 11.8 Å². The first-order valence-corrected chi connectivity index (χ1v) is 11.3. The number of carbonyl (C=O) groups is 1. The quantitative estimate of drug-likeness (QED) is 0.324. The van der Waals surface area contributed by atoms with Gasteiger partial charge in [0.15, 0.2) is 17.3 Å². The molecule has 0 aromatic heterocycles. The Bertz CT molecular complexity index is 1200. The zero-order chi connectivity index (χ0) is 28.6. The molecule has 1 fully saturated rings. The van der Waals surface area contributed by atoms with Gasteiger partial charge in [-0.2, -0.15) is 17.6 Å². The molecule has 1 heterocycles. The number of amides is 1. The van der Waals surface area contributed by atoms with Crippen molar-refractivity contribution in [1.82, 2.24) is 0 Å². The van der Waals surface area contributed by atoms with Crippen molar-refractivity contribution in [3.8, 4) is 17.2 Å². The lowest BCUT2D eigenvalue weighted by Crippen LogP contribution is -2.37. The Hall–Kier alpha value is -2.92. The van der Waals surface area contributed by atoms with E-state index in [1.807, 2.05) is 0 Å². The molecule has 3 rings (SSSR count). The highest BCUT2D eigenvalue weighted by Crippen LogP contribution is 2.59. The molecule has 2 aromatic carbocycles. The molecule has 1 aliphatic heterocycles. The fourth-order valence-electron chi connectivity index (χ4n) is 3.89. The van der Waals surface area contributed by atoms with E-state index in [4.69, 9.17) is 14.8 Å². The fourth-order valence-corrected chi connectivity index (χ4v) is 5.43. The molecule has 3 atom stereocenters. The van der Waals surface area contributed by atoms with Gasteiger partial charge in [0.05, 0.1) is 12.4 Å². The van der Waals surface area contributed by atoms with E-state index in [9.17, 15) is 39.9 Å². The first-order valence-electron chi connectivity index (χ1n) is 10.5. The third-order valence-electron chi connectivity index (χ3n) is 5.57. The number of halogens is 8. The molecule has 208 valence electrons. The van der Waals surface area contributed by atoms with Crippen LogP contribution < -0.4 is 19.4 Å². The number of rotatable bonds is 7. The van der Waals surface area contributed by atoms with Gasteiger partial charge in [0.2, 0.25) is 11.7 Å². The number of hydrogen-bond acceptors (Lipinski definition) is 7. The molecule has 1 amide bonds. The first kappa shape index (κ1) is 29.6. The van der Waals surface area contributed by atoms with Crippen molar-refractivity contribution in [3.63, 3.8) is 0 Å². The molecule has 0 radical (unpaired) electrons. The Balaban J connectivity index is 2.00. The van der Waals surface area contributed by atoms with Crippen LogP contribution in [-0.4, -0.2) is 52.9 Å². The molecule has 3 unspecified atom stereocenters. The number of nitrogens with one attached hydrogen (secondary N) is 1. The largest absolute Gasteiger partial charge is 0.707 e. The number of carbonyl (C=O) groups excluding carboxylic acids is 1. The Morgan fingerprint density at radius 2 is 1.76 bits per heavy atom. The van der Waals surface area contributed by atoms with Crippen LogP contribution in [0.3, 0.4) is 0 Å². The van der Waals surface area contributed by atoms with Crippen LogP contribution in [0, 0.1) is 11.6 Å². The fraction of sp³-hybridized carbons (Fsp3) is 0.381. The molecule has 7 nitrogen and oxygen atoms in total. The number of methoxy groups -OCH3 is 1. The van der Waals surface area contributed by atoms with Crippen molar-refractivity contribution in [2.75, 3.05) is 12.4 Å². The normalized spacial score (nSPS) is 21.7. The van der Waals surface area contributed by atoms with E-state index < -0.39 is 77.0 Å². The summed E-state index contributed by atoms with van der Waals surface area (Å²) in [6.45, 7) is 0.825. The summed E-state index contributed by atoms with van der Waals surface area (Å²) < 4.78 is 119. The van der Waals surface area contributed by atoms with Crippen molar-refractivity contribution in [3.05, 3.63) is 47.5 Å². The minimum absolute atomic E-state index is 0.194. The SMILES string of the molecule is COc1c(C2CC(C)(C(F)(F)F)SC2C(=O)Nc2ccc(OB(O)O)c(OC(F)(F)F)c2)ccc(F)c1F. The first-order chi connectivity index (χ1) is 17.5. The van der Waals surface area contributed by atoms with Crippen LogP contribution in [0.4, 0.5) is 40.8 Å². The Morgan fingerprint density at radius 1 is 1.11 bits per heavy atom. The summed E-state index contributed by atoms with van der Waals surface area (Å²) in [6.07, 6.45) is -10.8. The van der Waals surface area contributed by atoms with Gasteiger partial charge in [0, 0.05) is 23.2 Å². The molecule has 0 aliphatic carbocycles. The van der Waals surface area contributed by atoms with Crippen molar-refractivity contribution in [2.24, 2.45) is 0 Å². The molecular formula is C21H18BF8NO6S. The molecule has 2 aromatic rings. The third-order valence-corrected chi connectivity index (χ3v) is 7.29. The van der Waals surface area contributed by atoms with E-state index in [2.05, 4.69) is 14.7 Å². The highest BCUT2D eigenvalue weighted by atomic mass is 32.2. The summed E-state index contributed by atoms with van der Waals surface area (Å²) in [7, 11) is -1.55. The monoisotopic (exact) mass is 575 g/mol. The van der Waals surface area contributed by atoms with Gasteiger partial charge in [-0.15, -0.1) is 24.9 Å². The summed E-state index contributed by atoms with van der Waals surface area (Å²) in [6, 6.07) is 4.01. The van der Waals surface area contributed by atoms with E-state index in [0.717, 1.165) is 32.2 Å². The predicted octanol–water partition coefficient (Wildman–Crippen LogP) is 4.77. The van der Waals surface area contributed by atoms with Gasteiger partial charge in [-0.05, 0) is 31.5 Å². The zero-order valence-electron chi connectivity index (χ0n) is 19.3. The van der Waals surface area contributed by atoms with Crippen LogP contribution in [0.15, 0.2) is 30.3 Å². The van der Waals surface area contributed by atoms with Crippen LogP contribution in [-0.2, 0) is 4.79 Å². The average Bonchev–Trinajstić information content (AvgIpc) is 3.15. The lowest BCUT2D eigenvalue weighted by Gasteiger charge is -2.26. The smallest absolute Gasteiger partial charge is 0.509 e. The predicted molar refractivity (Wildman–Crippen MR) is 119 cm³/mol. The van der Waals surface area contributed by atoms with Gasteiger partial charge >= 0.3 is 19.9 Å². The minimum atomic E-state index is -5.26. The van der Waals surface area contributed by atoms with Crippen LogP contribution in [0.25, 0.3) is 0 Å². The third kappa shape index (κ3) is 6.38. The van der Waals surface area contributed by atoms with E-state index in [1.165, 1.54) is 0 Å². The molecule has 0 bridgehead atoms. The highest BCUT2D eigenvalue weighted by Gasteiger charge is 2.61. The molecule has 17 heteroatoms. The number of hydrogen-bond donors (Lipinski definition) is 3.